The number of carbonyl (C=O) groups excluding carboxylic acids is 6. The van der Waals surface area contributed by atoms with Crippen LogP contribution < -0.4 is 26.6 Å². The summed E-state index contributed by atoms with van der Waals surface area (Å²) in [7, 11) is 0. The molecule has 0 aliphatic carbocycles. The van der Waals surface area contributed by atoms with Crippen molar-refractivity contribution in [1.82, 2.24) is 29.9 Å². The summed E-state index contributed by atoms with van der Waals surface area (Å²) in [5.41, 5.74) is 14.8. The van der Waals surface area contributed by atoms with Crippen molar-refractivity contribution in [2.75, 3.05) is 67.7 Å². The number of primary amides is 1. The zero-order valence-electron chi connectivity index (χ0n) is 35.3. The minimum absolute atomic E-state index is 0.00646. The molecule has 328 valence electrons. The van der Waals surface area contributed by atoms with Crippen LogP contribution in [0.2, 0.25) is 0 Å². The second-order valence-corrected chi connectivity index (χ2v) is 17.4. The average Bonchev–Trinajstić information content (AvgIpc) is 3.84. The predicted molar refractivity (Wildman–Crippen MR) is 228 cm³/mol. The standard InChI is InChI=1S/C44H55N11O7/c1-26(2)36(45)43(61)62-25-54-35(56)13-12-34(42(54)60)55-40(58)32-11-10-31(22-33(32)41(55)59)53-21-14-27(24-53)23-51-19-15-29(16-20-51)28-6-8-30(9-7-28)47-39-37(38(46)57)49-50-44(48-39)52-17-4-3-5-18-52/h6-11,22,26-27,29,34,36H,3-5,12-21,23-25,45H2,1-2H3,(H2,46,57)(H,47,48,50)/t27?,34?,36-/m0/s1. The maximum absolute atomic E-state index is 13.8. The largest absolute Gasteiger partial charge is 0.443 e. The SMILES string of the molecule is CC(C)[C@H](N)C(=O)OCN1C(=O)CCC(N2C(=O)c3ccc(N4CCC(CN5CCC(c6ccc(Nc7nc(N8CCCCC8)nnc7C(N)=O)cc6)CC5)C4)cc3C2=O)C1=O. The van der Waals surface area contributed by atoms with Gasteiger partial charge in [-0.05, 0) is 112 Å². The van der Waals surface area contributed by atoms with E-state index in [1.807, 2.05) is 18.2 Å². The third kappa shape index (κ3) is 8.84. The number of carbonyl (C=O) groups is 6. The fourth-order valence-corrected chi connectivity index (χ4v) is 9.22. The number of piperidine rings is 3. The predicted octanol–water partition coefficient (Wildman–Crippen LogP) is 3.01. The fourth-order valence-electron chi connectivity index (χ4n) is 9.22. The zero-order valence-corrected chi connectivity index (χ0v) is 35.3. The van der Waals surface area contributed by atoms with E-state index in [1.165, 1.54) is 12.0 Å². The number of likely N-dealkylation sites (tertiary alicyclic amines) is 2. The van der Waals surface area contributed by atoms with Crippen LogP contribution in [0.1, 0.15) is 108 Å². The highest BCUT2D eigenvalue weighted by Gasteiger charge is 2.47. The average molecular weight is 850 g/mol. The summed E-state index contributed by atoms with van der Waals surface area (Å²) in [5, 5.41) is 11.5. The van der Waals surface area contributed by atoms with E-state index in [0.29, 0.717) is 23.6 Å². The van der Waals surface area contributed by atoms with Crippen molar-refractivity contribution < 1.29 is 33.5 Å². The topological polar surface area (TPSA) is 231 Å². The first-order valence-electron chi connectivity index (χ1n) is 21.8. The first-order chi connectivity index (χ1) is 29.9. The van der Waals surface area contributed by atoms with Crippen LogP contribution in [0.15, 0.2) is 42.5 Å². The van der Waals surface area contributed by atoms with E-state index in [-0.39, 0.29) is 35.6 Å². The molecule has 5 N–H and O–H groups in total. The molecule has 18 nitrogen and oxygen atoms in total. The minimum Gasteiger partial charge on any atom is -0.443 e. The van der Waals surface area contributed by atoms with Gasteiger partial charge < -0.3 is 36.2 Å². The molecule has 5 amide bonds. The van der Waals surface area contributed by atoms with Gasteiger partial charge in [-0.2, -0.15) is 4.98 Å². The molecule has 8 rings (SSSR count). The molecule has 62 heavy (non-hydrogen) atoms. The molecule has 0 saturated carbocycles. The lowest BCUT2D eigenvalue weighted by molar-refractivity contribution is -0.164. The summed E-state index contributed by atoms with van der Waals surface area (Å²) < 4.78 is 5.17. The van der Waals surface area contributed by atoms with Gasteiger partial charge in [-0.3, -0.25) is 33.7 Å². The van der Waals surface area contributed by atoms with Crippen LogP contribution in [0.4, 0.5) is 23.1 Å². The van der Waals surface area contributed by atoms with Gasteiger partial charge in [-0.15, -0.1) is 10.2 Å². The van der Waals surface area contributed by atoms with Crippen LogP contribution >= 0.6 is 0 Å². The Morgan fingerprint density at radius 1 is 0.855 bits per heavy atom. The monoisotopic (exact) mass is 849 g/mol. The molecular formula is C44H55N11O7. The number of amides is 5. The third-order valence-electron chi connectivity index (χ3n) is 13.0. The first-order valence-corrected chi connectivity index (χ1v) is 21.8. The second kappa shape index (κ2) is 18.1. The second-order valence-electron chi connectivity index (χ2n) is 17.4. The smallest absolute Gasteiger partial charge is 0.324 e. The Kier molecular flexibility index (Phi) is 12.5. The summed E-state index contributed by atoms with van der Waals surface area (Å²) in [4.78, 5) is 91.2. The van der Waals surface area contributed by atoms with Crippen molar-refractivity contribution >= 4 is 58.6 Å². The Labute approximate surface area is 360 Å². The van der Waals surface area contributed by atoms with Crippen LogP contribution in [0.25, 0.3) is 0 Å². The molecule has 2 unspecified atom stereocenters. The van der Waals surface area contributed by atoms with Gasteiger partial charge in [0.25, 0.3) is 23.6 Å². The number of esters is 1. The van der Waals surface area contributed by atoms with Crippen LogP contribution in [0.3, 0.4) is 0 Å². The minimum atomic E-state index is -1.19. The van der Waals surface area contributed by atoms with Gasteiger partial charge >= 0.3 is 5.97 Å². The van der Waals surface area contributed by atoms with E-state index in [9.17, 15) is 28.8 Å². The molecular weight excluding hydrogens is 795 g/mol. The van der Waals surface area contributed by atoms with E-state index in [1.54, 1.807) is 26.0 Å². The molecule has 0 radical (unpaired) electrons. The molecule has 2 aromatic carbocycles. The normalized spacial score (nSPS) is 21.8. The summed E-state index contributed by atoms with van der Waals surface area (Å²) in [6, 6.07) is 11.4. The summed E-state index contributed by atoms with van der Waals surface area (Å²) >= 11 is 0. The summed E-state index contributed by atoms with van der Waals surface area (Å²) in [5.74, 6) is -2.47. The number of fused-ring (bicyclic) bond motifs is 1. The fraction of sp³-hybridized carbons (Fsp3) is 0.523. The van der Waals surface area contributed by atoms with Gasteiger partial charge in [0.2, 0.25) is 11.9 Å². The van der Waals surface area contributed by atoms with Gasteiger partial charge in [0, 0.05) is 50.5 Å². The molecule has 0 spiro atoms. The van der Waals surface area contributed by atoms with Gasteiger partial charge in [0.1, 0.15) is 12.1 Å². The number of anilines is 4. The maximum atomic E-state index is 13.8. The molecule has 6 heterocycles. The lowest BCUT2D eigenvalue weighted by atomic mass is 9.89. The number of rotatable bonds is 13. The molecule has 4 saturated heterocycles. The molecule has 4 fully saturated rings. The van der Waals surface area contributed by atoms with Crippen LogP contribution in [-0.4, -0.2) is 130 Å². The Morgan fingerprint density at radius 2 is 1.58 bits per heavy atom. The van der Waals surface area contributed by atoms with Crippen molar-refractivity contribution in [3.8, 4) is 0 Å². The van der Waals surface area contributed by atoms with Crippen molar-refractivity contribution in [2.45, 2.75) is 83.2 Å². The van der Waals surface area contributed by atoms with Gasteiger partial charge in [-0.25, -0.2) is 4.90 Å². The van der Waals surface area contributed by atoms with Crippen molar-refractivity contribution in [2.24, 2.45) is 23.3 Å². The molecule has 18 heteroatoms. The highest BCUT2D eigenvalue weighted by atomic mass is 16.5. The number of benzene rings is 2. The molecule has 1 aromatic heterocycles. The highest BCUT2D eigenvalue weighted by molar-refractivity contribution is 6.23. The number of imide groups is 2. The van der Waals surface area contributed by atoms with E-state index < -0.39 is 54.3 Å². The number of ether oxygens (including phenoxy) is 1. The third-order valence-corrected chi connectivity index (χ3v) is 13.0. The quantitative estimate of drug-likeness (QED) is 0.166. The van der Waals surface area contributed by atoms with Gasteiger partial charge in [0.05, 0.1) is 11.1 Å². The first kappa shape index (κ1) is 42.7. The van der Waals surface area contributed by atoms with Crippen molar-refractivity contribution in [3.63, 3.8) is 0 Å². The van der Waals surface area contributed by atoms with E-state index in [2.05, 4.69) is 47.3 Å². The Morgan fingerprint density at radius 3 is 2.29 bits per heavy atom. The molecule has 0 bridgehead atoms. The molecule has 5 aliphatic rings. The number of nitrogens with one attached hydrogen (secondary N) is 1. The van der Waals surface area contributed by atoms with Crippen LogP contribution in [0, 0.1) is 11.8 Å². The van der Waals surface area contributed by atoms with Crippen molar-refractivity contribution in [1.29, 1.82) is 0 Å². The number of hydrogen-bond acceptors (Lipinski definition) is 15. The van der Waals surface area contributed by atoms with E-state index in [0.717, 1.165) is 99.1 Å². The maximum Gasteiger partial charge on any atom is 0.324 e. The van der Waals surface area contributed by atoms with Crippen LogP contribution in [0.5, 0.6) is 0 Å². The number of nitrogens with zero attached hydrogens (tertiary/aromatic N) is 8. The van der Waals surface area contributed by atoms with E-state index >= 15 is 0 Å². The number of nitrogens with two attached hydrogens (primary N) is 2. The Hall–Kier alpha value is -6.01. The molecule has 5 aliphatic heterocycles. The summed E-state index contributed by atoms with van der Waals surface area (Å²) in [6.45, 7) is 9.13. The molecule has 3 aromatic rings. The Balaban J connectivity index is 0.826. The Bertz CT molecular complexity index is 2220. The van der Waals surface area contributed by atoms with Crippen molar-refractivity contribution in [3.05, 3.63) is 64.8 Å². The van der Waals surface area contributed by atoms with E-state index in [4.69, 9.17) is 16.2 Å². The highest BCUT2D eigenvalue weighted by Crippen LogP contribution is 2.35. The number of aromatic nitrogens is 3. The zero-order chi connectivity index (χ0) is 43.7. The molecule has 3 atom stereocenters. The lowest BCUT2D eigenvalue weighted by Gasteiger charge is -2.34. The van der Waals surface area contributed by atoms with Gasteiger partial charge in [-0.1, -0.05) is 26.0 Å². The summed E-state index contributed by atoms with van der Waals surface area (Å²) in [6.07, 6.45) is 6.27. The number of hydrogen-bond donors (Lipinski definition) is 3. The van der Waals surface area contributed by atoms with Crippen LogP contribution in [-0.2, 0) is 19.1 Å². The lowest BCUT2D eigenvalue weighted by Crippen LogP contribution is -2.56. The van der Waals surface area contributed by atoms with Gasteiger partial charge in [0.15, 0.2) is 18.2 Å².